The maximum atomic E-state index is 11.7. The number of nitrogens with one attached hydrogen (secondary N) is 1. The molecular formula is C15H22ClNO2. The van der Waals surface area contributed by atoms with Crippen LogP contribution in [0.25, 0.3) is 0 Å². The third-order valence-corrected chi connectivity index (χ3v) is 3.23. The number of benzene rings is 1. The molecule has 0 aliphatic carbocycles. The zero-order valence-corrected chi connectivity index (χ0v) is 12.2. The molecule has 1 N–H and O–H groups in total. The van der Waals surface area contributed by atoms with E-state index in [0.717, 1.165) is 31.2 Å². The van der Waals surface area contributed by atoms with Gasteiger partial charge in [-0.1, -0.05) is 43.7 Å². The highest BCUT2D eigenvalue weighted by Gasteiger charge is 2.10. The van der Waals surface area contributed by atoms with E-state index in [1.165, 1.54) is 0 Å². The molecule has 1 aromatic rings. The second-order valence-electron chi connectivity index (χ2n) is 4.50. The molecule has 0 saturated heterocycles. The van der Waals surface area contributed by atoms with Gasteiger partial charge in [-0.25, -0.2) is 4.79 Å². The van der Waals surface area contributed by atoms with E-state index in [1.807, 2.05) is 30.3 Å². The van der Waals surface area contributed by atoms with Crippen LogP contribution in [0.3, 0.4) is 0 Å². The maximum Gasteiger partial charge on any atom is 0.407 e. The Hall–Kier alpha value is -1.22. The van der Waals surface area contributed by atoms with E-state index < -0.39 is 0 Å². The molecule has 0 aliphatic heterocycles. The molecule has 0 bridgehead atoms. The molecule has 1 amide bonds. The van der Waals surface area contributed by atoms with Crippen molar-refractivity contribution in [1.29, 1.82) is 0 Å². The Morgan fingerprint density at radius 2 is 2.05 bits per heavy atom. The fourth-order valence-electron chi connectivity index (χ4n) is 1.80. The van der Waals surface area contributed by atoms with Crippen LogP contribution < -0.4 is 5.32 Å². The summed E-state index contributed by atoms with van der Waals surface area (Å²) in [4.78, 5) is 11.7. The first-order valence-corrected chi connectivity index (χ1v) is 7.33. The molecule has 1 atom stereocenters. The van der Waals surface area contributed by atoms with Gasteiger partial charge in [0.25, 0.3) is 0 Å². The van der Waals surface area contributed by atoms with Gasteiger partial charge in [-0.2, -0.15) is 0 Å². The molecular weight excluding hydrogens is 262 g/mol. The van der Waals surface area contributed by atoms with Gasteiger partial charge in [-0.05, 0) is 24.8 Å². The van der Waals surface area contributed by atoms with E-state index in [9.17, 15) is 4.79 Å². The van der Waals surface area contributed by atoms with Crippen LogP contribution in [-0.2, 0) is 11.3 Å². The third-order valence-electron chi connectivity index (χ3n) is 2.96. The normalized spacial score (nSPS) is 11.9. The van der Waals surface area contributed by atoms with Crippen molar-refractivity contribution < 1.29 is 9.53 Å². The van der Waals surface area contributed by atoms with Crippen LogP contribution in [0.15, 0.2) is 30.3 Å². The predicted octanol–water partition coefficient (Wildman–Crippen LogP) is 4.10. The lowest BCUT2D eigenvalue weighted by Crippen LogP contribution is -2.34. The first-order chi connectivity index (χ1) is 9.26. The summed E-state index contributed by atoms with van der Waals surface area (Å²) in [7, 11) is 0. The van der Waals surface area contributed by atoms with E-state index in [1.54, 1.807) is 0 Å². The van der Waals surface area contributed by atoms with Crippen LogP contribution in [0.5, 0.6) is 0 Å². The highest BCUT2D eigenvalue weighted by Crippen LogP contribution is 2.06. The van der Waals surface area contributed by atoms with Gasteiger partial charge in [0.15, 0.2) is 0 Å². The van der Waals surface area contributed by atoms with Gasteiger partial charge in [0.05, 0.1) is 0 Å². The van der Waals surface area contributed by atoms with Crippen molar-refractivity contribution in [2.24, 2.45) is 0 Å². The molecule has 0 fully saturated rings. The highest BCUT2D eigenvalue weighted by atomic mass is 35.5. The van der Waals surface area contributed by atoms with Crippen LogP contribution in [0.2, 0.25) is 0 Å². The van der Waals surface area contributed by atoms with Crippen molar-refractivity contribution in [2.45, 2.75) is 45.3 Å². The maximum absolute atomic E-state index is 11.7. The number of rotatable bonds is 8. The standard InChI is InChI=1S/C15H22ClNO2/c1-2-14(10-6-7-11-16)17-15(18)19-12-13-8-4-3-5-9-13/h3-5,8-9,14H,2,6-7,10-12H2,1H3,(H,17,18)/t14-/m1/s1. The summed E-state index contributed by atoms with van der Waals surface area (Å²) >= 11 is 5.64. The fourth-order valence-corrected chi connectivity index (χ4v) is 1.98. The van der Waals surface area contributed by atoms with Gasteiger partial charge in [0.2, 0.25) is 0 Å². The van der Waals surface area contributed by atoms with E-state index in [4.69, 9.17) is 16.3 Å². The molecule has 1 aromatic carbocycles. The van der Waals surface area contributed by atoms with Gasteiger partial charge in [-0.15, -0.1) is 11.6 Å². The number of amides is 1. The largest absolute Gasteiger partial charge is 0.445 e. The molecule has 0 aliphatic rings. The summed E-state index contributed by atoms with van der Waals surface area (Å²) in [6.07, 6.45) is 3.52. The lowest BCUT2D eigenvalue weighted by Gasteiger charge is -2.16. The van der Waals surface area contributed by atoms with Crippen molar-refractivity contribution in [2.75, 3.05) is 5.88 Å². The zero-order valence-electron chi connectivity index (χ0n) is 11.4. The zero-order chi connectivity index (χ0) is 13.9. The molecule has 3 nitrogen and oxygen atoms in total. The minimum atomic E-state index is -0.346. The Morgan fingerprint density at radius 3 is 2.68 bits per heavy atom. The smallest absolute Gasteiger partial charge is 0.407 e. The SMILES string of the molecule is CC[C@H](CCCCCl)NC(=O)OCc1ccccc1. The minimum absolute atomic E-state index is 0.173. The number of carbonyl (C=O) groups is 1. The Morgan fingerprint density at radius 1 is 1.32 bits per heavy atom. The predicted molar refractivity (Wildman–Crippen MR) is 78.4 cm³/mol. The lowest BCUT2D eigenvalue weighted by atomic mass is 10.1. The van der Waals surface area contributed by atoms with E-state index in [0.29, 0.717) is 12.5 Å². The van der Waals surface area contributed by atoms with Crippen molar-refractivity contribution in [3.05, 3.63) is 35.9 Å². The number of hydrogen-bond donors (Lipinski definition) is 1. The number of halogens is 1. The minimum Gasteiger partial charge on any atom is -0.445 e. The molecule has 19 heavy (non-hydrogen) atoms. The molecule has 0 unspecified atom stereocenters. The van der Waals surface area contributed by atoms with Crippen molar-refractivity contribution in [3.63, 3.8) is 0 Å². The number of hydrogen-bond acceptors (Lipinski definition) is 2. The molecule has 0 saturated carbocycles. The van der Waals surface area contributed by atoms with Gasteiger partial charge >= 0.3 is 6.09 Å². The van der Waals surface area contributed by atoms with Crippen LogP contribution >= 0.6 is 11.6 Å². The van der Waals surface area contributed by atoms with Gasteiger partial charge < -0.3 is 10.1 Å². The van der Waals surface area contributed by atoms with Gasteiger partial charge in [-0.3, -0.25) is 0 Å². The molecule has 106 valence electrons. The van der Waals surface area contributed by atoms with Crippen molar-refractivity contribution in [1.82, 2.24) is 5.32 Å². The quantitative estimate of drug-likeness (QED) is 0.576. The first-order valence-electron chi connectivity index (χ1n) is 6.79. The molecule has 0 spiro atoms. The summed E-state index contributed by atoms with van der Waals surface area (Å²) < 4.78 is 5.19. The van der Waals surface area contributed by atoms with E-state index in [-0.39, 0.29) is 12.1 Å². The average molecular weight is 284 g/mol. The first kappa shape index (κ1) is 15.8. The van der Waals surface area contributed by atoms with Crippen LogP contribution in [0.1, 0.15) is 38.2 Å². The van der Waals surface area contributed by atoms with Crippen LogP contribution in [0.4, 0.5) is 4.79 Å². The summed E-state index contributed by atoms with van der Waals surface area (Å²) in [6, 6.07) is 9.84. The number of alkyl carbamates (subject to hydrolysis) is 1. The summed E-state index contributed by atoms with van der Waals surface area (Å²) in [5.41, 5.74) is 0.993. The molecule has 4 heteroatoms. The van der Waals surface area contributed by atoms with Crippen molar-refractivity contribution in [3.8, 4) is 0 Å². The highest BCUT2D eigenvalue weighted by molar-refractivity contribution is 6.17. The van der Waals surface area contributed by atoms with Crippen LogP contribution in [-0.4, -0.2) is 18.0 Å². The molecule has 0 radical (unpaired) electrons. The number of ether oxygens (including phenoxy) is 1. The van der Waals surface area contributed by atoms with Gasteiger partial charge in [0, 0.05) is 11.9 Å². The monoisotopic (exact) mass is 283 g/mol. The molecule has 1 rings (SSSR count). The number of unbranched alkanes of at least 4 members (excludes halogenated alkanes) is 1. The van der Waals surface area contributed by atoms with Gasteiger partial charge in [0.1, 0.15) is 6.61 Å². The summed E-state index contributed by atoms with van der Waals surface area (Å²) in [5.74, 6) is 0.675. The topological polar surface area (TPSA) is 38.3 Å². The van der Waals surface area contributed by atoms with E-state index in [2.05, 4.69) is 12.2 Å². The van der Waals surface area contributed by atoms with Crippen molar-refractivity contribution >= 4 is 17.7 Å². The second kappa shape index (κ2) is 9.68. The Bertz CT molecular complexity index is 356. The number of carbonyl (C=O) groups excluding carboxylic acids is 1. The van der Waals surface area contributed by atoms with E-state index >= 15 is 0 Å². The molecule has 0 heterocycles. The Kier molecular flexibility index (Phi) is 8.07. The number of alkyl halides is 1. The summed E-state index contributed by atoms with van der Waals surface area (Å²) in [6.45, 7) is 2.37. The second-order valence-corrected chi connectivity index (χ2v) is 4.87. The Balaban J connectivity index is 2.25. The molecule has 0 aromatic heterocycles. The third kappa shape index (κ3) is 7.06. The average Bonchev–Trinajstić information content (AvgIpc) is 2.45. The summed E-state index contributed by atoms with van der Waals surface area (Å²) in [5, 5.41) is 2.89. The lowest BCUT2D eigenvalue weighted by molar-refractivity contribution is 0.134. The van der Waals surface area contributed by atoms with Crippen LogP contribution in [0, 0.1) is 0 Å². The fraction of sp³-hybridized carbons (Fsp3) is 0.533. The Labute approximate surface area is 120 Å².